The Morgan fingerprint density at radius 1 is 1.21 bits per heavy atom. The molecule has 1 heterocycles. The number of carbonyl (C=O) groups is 2. The Morgan fingerprint density at radius 3 is 2.62 bits per heavy atom. The minimum atomic E-state index is -4.65. The van der Waals surface area contributed by atoms with Crippen molar-refractivity contribution < 1.29 is 27.2 Å². The van der Waals surface area contributed by atoms with Crippen LogP contribution in [-0.4, -0.2) is 35.3 Å². The number of aryl methyl sites for hydroxylation is 1. The number of alkyl halides is 3. The van der Waals surface area contributed by atoms with Gasteiger partial charge in [0.15, 0.2) is 11.5 Å². The highest BCUT2D eigenvalue weighted by Gasteiger charge is 2.33. The smallest absolute Gasteiger partial charge is 0.417 e. The molecule has 1 aromatic heterocycles. The minimum Gasteiger partial charge on any atom is -0.441 e. The summed E-state index contributed by atoms with van der Waals surface area (Å²) < 4.78 is 44.1. The first kappa shape index (κ1) is 20.7. The molecule has 3 rings (SSSR count). The van der Waals surface area contributed by atoms with Crippen LogP contribution < -0.4 is 5.32 Å². The zero-order valence-electron chi connectivity index (χ0n) is 15.3. The highest BCUT2D eigenvalue weighted by atomic mass is 35.5. The monoisotopic (exact) mass is 425 g/mol. The lowest BCUT2D eigenvalue weighted by molar-refractivity contribution is -0.137. The van der Waals surface area contributed by atoms with Crippen molar-refractivity contribution in [3.8, 4) is 0 Å². The quantitative estimate of drug-likeness (QED) is 0.667. The van der Waals surface area contributed by atoms with Crippen LogP contribution in [-0.2, 0) is 11.0 Å². The van der Waals surface area contributed by atoms with Crippen LogP contribution in [0.1, 0.15) is 21.8 Å². The molecule has 6 nitrogen and oxygen atoms in total. The van der Waals surface area contributed by atoms with Crippen LogP contribution in [0.25, 0.3) is 11.1 Å². The highest BCUT2D eigenvalue weighted by molar-refractivity contribution is 6.31. The van der Waals surface area contributed by atoms with Gasteiger partial charge < -0.3 is 14.6 Å². The molecule has 2 aromatic carbocycles. The molecule has 1 N–H and O–H groups in total. The molecule has 0 saturated carbocycles. The Morgan fingerprint density at radius 2 is 1.93 bits per heavy atom. The van der Waals surface area contributed by atoms with E-state index < -0.39 is 28.6 Å². The Kier molecular flexibility index (Phi) is 5.52. The summed E-state index contributed by atoms with van der Waals surface area (Å²) in [5.74, 6) is -0.658. The zero-order chi connectivity index (χ0) is 21.3. The highest BCUT2D eigenvalue weighted by Crippen LogP contribution is 2.36. The number of amides is 2. The minimum absolute atomic E-state index is 0.0777. The molecule has 2 amide bonds. The number of nitrogens with one attached hydrogen (secondary N) is 1. The fourth-order valence-corrected chi connectivity index (χ4v) is 2.93. The van der Waals surface area contributed by atoms with Gasteiger partial charge in [0.2, 0.25) is 5.91 Å². The molecule has 0 saturated heterocycles. The number of halogens is 4. The van der Waals surface area contributed by atoms with Crippen LogP contribution in [0.4, 0.5) is 18.9 Å². The van der Waals surface area contributed by atoms with E-state index in [1.807, 2.05) is 0 Å². The summed E-state index contributed by atoms with van der Waals surface area (Å²) in [6.45, 7) is 1.31. The van der Waals surface area contributed by atoms with E-state index in [9.17, 15) is 22.8 Å². The van der Waals surface area contributed by atoms with Crippen LogP contribution in [0, 0.1) is 6.92 Å². The molecule has 0 radical (unpaired) electrons. The number of nitrogens with zero attached hydrogens (tertiary/aromatic N) is 2. The third kappa shape index (κ3) is 4.68. The third-order valence-corrected chi connectivity index (χ3v) is 4.35. The van der Waals surface area contributed by atoms with Gasteiger partial charge in [-0.05, 0) is 36.4 Å². The van der Waals surface area contributed by atoms with Crippen LogP contribution in [0.3, 0.4) is 0 Å². The molecule has 10 heteroatoms. The molecule has 0 fully saturated rings. The number of likely N-dealkylation sites (N-methyl/N-ethyl adjacent to an activating group) is 1. The first-order chi connectivity index (χ1) is 13.5. The maximum absolute atomic E-state index is 12.9. The number of aromatic nitrogens is 1. The lowest BCUT2D eigenvalue weighted by atomic mass is 10.2. The summed E-state index contributed by atoms with van der Waals surface area (Å²) in [7, 11) is 1.40. The summed E-state index contributed by atoms with van der Waals surface area (Å²) in [6, 6.07) is 7.72. The van der Waals surface area contributed by atoms with Crippen molar-refractivity contribution in [1.29, 1.82) is 0 Å². The van der Waals surface area contributed by atoms with Crippen molar-refractivity contribution in [1.82, 2.24) is 9.88 Å². The maximum Gasteiger partial charge on any atom is 0.417 e. The van der Waals surface area contributed by atoms with Gasteiger partial charge in [0.05, 0.1) is 17.1 Å². The Balaban J connectivity index is 1.69. The standard InChI is InChI=1S/C19H15ClF3N3O3/c1-10-24-15-6-3-11(7-16(15)29-10)18(28)26(2)9-17(27)25-12-4-5-14(20)13(8-12)19(21,22)23/h3-8H,9H2,1-2H3,(H,25,27). The van der Waals surface area contributed by atoms with Crippen molar-refractivity contribution in [3.05, 3.63) is 58.4 Å². The van der Waals surface area contributed by atoms with Crippen molar-refractivity contribution in [2.45, 2.75) is 13.1 Å². The zero-order valence-corrected chi connectivity index (χ0v) is 16.1. The van der Waals surface area contributed by atoms with Gasteiger partial charge in [-0.1, -0.05) is 11.6 Å². The maximum atomic E-state index is 12.9. The number of fused-ring (bicyclic) bond motifs is 1. The van der Waals surface area contributed by atoms with Gasteiger partial charge in [-0.3, -0.25) is 9.59 Å². The van der Waals surface area contributed by atoms with Crippen LogP contribution in [0.15, 0.2) is 40.8 Å². The largest absolute Gasteiger partial charge is 0.441 e. The van der Waals surface area contributed by atoms with E-state index in [1.165, 1.54) is 19.2 Å². The topological polar surface area (TPSA) is 75.4 Å². The predicted octanol–water partition coefficient (Wildman–Crippen LogP) is 4.52. The predicted molar refractivity (Wildman–Crippen MR) is 101 cm³/mol. The van der Waals surface area contributed by atoms with Gasteiger partial charge in [0.25, 0.3) is 5.91 Å². The van der Waals surface area contributed by atoms with Crippen molar-refractivity contribution in [3.63, 3.8) is 0 Å². The number of hydrogen-bond acceptors (Lipinski definition) is 4. The average molecular weight is 426 g/mol. The van der Waals surface area contributed by atoms with Gasteiger partial charge in [0, 0.05) is 25.2 Å². The molecule has 0 aliphatic rings. The molecule has 0 spiro atoms. The third-order valence-electron chi connectivity index (χ3n) is 4.03. The Hall–Kier alpha value is -3.07. The summed E-state index contributed by atoms with van der Waals surface area (Å²) >= 11 is 5.56. The lowest BCUT2D eigenvalue weighted by Crippen LogP contribution is -2.35. The molecular formula is C19H15ClF3N3O3. The summed E-state index contributed by atoms with van der Waals surface area (Å²) in [6.07, 6.45) is -4.65. The molecule has 0 aliphatic carbocycles. The molecule has 0 aliphatic heterocycles. The normalized spacial score (nSPS) is 11.5. The van der Waals surface area contributed by atoms with Crippen LogP contribution >= 0.6 is 11.6 Å². The van der Waals surface area contributed by atoms with Gasteiger partial charge in [-0.15, -0.1) is 0 Å². The second-order valence-corrected chi connectivity index (χ2v) is 6.72. The van der Waals surface area contributed by atoms with E-state index in [0.29, 0.717) is 17.0 Å². The fraction of sp³-hybridized carbons (Fsp3) is 0.211. The Bertz CT molecular complexity index is 1100. The molecule has 29 heavy (non-hydrogen) atoms. The summed E-state index contributed by atoms with van der Waals surface area (Å²) in [5.41, 5.74) is 0.188. The van der Waals surface area contributed by atoms with Crippen LogP contribution in [0.2, 0.25) is 5.02 Å². The number of benzene rings is 2. The second-order valence-electron chi connectivity index (χ2n) is 6.32. The number of oxazole rings is 1. The van der Waals surface area contributed by atoms with E-state index >= 15 is 0 Å². The molecule has 0 atom stereocenters. The second kappa shape index (κ2) is 7.75. The van der Waals surface area contributed by atoms with Crippen molar-refractivity contribution in [2.24, 2.45) is 0 Å². The summed E-state index contributed by atoms with van der Waals surface area (Å²) in [4.78, 5) is 30.0. The van der Waals surface area contributed by atoms with E-state index in [4.69, 9.17) is 16.0 Å². The van der Waals surface area contributed by atoms with Gasteiger partial charge in [-0.2, -0.15) is 13.2 Å². The summed E-state index contributed by atoms with van der Waals surface area (Å²) in [5, 5.41) is 1.86. The van der Waals surface area contributed by atoms with E-state index in [2.05, 4.69) is 10.3 Å². The number of rotatable bonds is 4. The molecular weight excluding hydrogens is 411 g/mol. The van der Waals surface area contributed by atoms with E-state index in [1.54, 1.807) is 19.1 Å². The molecule has 152 valence electrons. The van der Waals surface area contributed by atoms with Crippen LogP contribution in [0.5, 0.6) is 0 Å². The van der Waals surface area contributed by atoms with Crippen molar-refractivity contribution >= 4 is 40.2 Å². The van der Waals surface area contributed by atoms with E-state index in [0.717, 1.165) is 17.0 Å². The molecule has 3 aromatic rings. The molecule has 0 bridgehead atoms. The van der Waals surface area contributed by atoms with E-state index in [-0.39, 0.29) is 17.8 Å². The fourth-order valence-electron chi connectivity index (χ4n) is 2.70. The van der Waals surface area contributed by atoms with Gasteiger partial charge in [0.1, 0.15) is 5.52 Å². The number of hydrogen-bond donors (Lipinski definition) is 1. The Labute approximate surface area is 168 Å². The van der Waals surface area contributed by atoms with Gasteiger partial charge in [-0.25, -0.2) is 4.98 Å². The number of carbonyl (C=O) groups excluding carboxylic acids is 2. The number of anilines is 1. The first-order valence-corrected chi connectivity index (χ1v) is 8.71. The molecule has 0 unspecified atom stereocenters. The SMILES string of the molecule is Cc1nc2ccc(C(=O)N(C)CC(=O)Nc3ccc(Cl)c(C(F)(F)F)c3)cc2o1. The average Bonchev–Trinajstić information content (AvgIpc) is 3.00. The first-order valence-electron chi connectivity index (χ1n) is 8.34. The lowest BCUT2D eigenvalue weighted by Gasteiger charge is -2.17. The van der Waals surface area contributed by atoms with Crippen molar-refractivity contribution in [2.75, 3.05) is 18.9 Å². The van der Waals surface area contributed by atoms with Gasteiger partial charge >= 0.3 is 6.18 Å².